The van der Waals surface area contributed by atoms with Gasteiger partial charge in [0.1, 0.15) is 0 Å². The summed E-state index contributed by atoms with van der Waals surface area (Å²) < 4.78 is 78.7. The minimum Gasteiger partial charge on any atom is -0.384 e. The summed E-state index contributed by atoms with van der Waals surface area (Å²) in [6, 6.07) is 13.7. The minimum atomic E-state index is -4.90. The molecule has 3 rings (SSSR count). The van der Waals surface area contributed by atoms with Crippen molar-refractivity contribution in [1.82, 2.24) is 4.98 Å². The molecular weight excluding hydrogens is 442 g/mol. The highest BCUT2D eigenvalue weighted by Crippen LogP contribution is 2.37. The second-order valence-corrected chi connectivity index (χ2v) is 7.39. The Morgan fingerprint density at radius 1 is 0.839 bits per heavy atom. The van der Waals surface area contributed by atoms with Crippen LogP contribution in [0.4, 0.5) is 32.0 Å². The van der Waals surface area contributed by atoms with Gasteiger partial charge in [0.05, 0.1) is 11.1 Å². The molecule has 1 atom stereocenters. The molecule has 0 aliphatic carbocycles. The lowest BCUT2D eigenvalue weighted by atomic mass is 9.93. The van der Waals surface area contributed by atoms with Gasteiger partial charge in [0, 0.05) is 35.1 Å². The topological polar surface area (TPSA) is 24.9 Å². The van der Waals surface area contributed by atoms with Crippen molar-refractivity contribution in [3.63, 3.8) is 0 Å². The lowest BCUT2D eigenvalue weighted by Crippen LogP contribution is -2.17. The maximum Gasteiger partial charge on any atom is 0.416 e. The lowest BCUT2D eigenvalue weighted by molar-refractivity contribution is -0.143. The van der Waals surface area contributed by atoms with E-state index in [2.05, 4.69) is 10.3 Å². The van der Waals surface area contributed by atoms with Gasteiger partial charge < -0.3 is 5.32 Å². The molecule has 2 nitrogen and oxygen atoms in total. The number of benzene rings is 2. The summed E-state index contributed by atoms with van der Waals surface area (Å²) >= 11 is 6.06. The van der Waals surface area contributed by atoms with Crippen molar-refractivity contribution < 1.29 is 26.3 Å². The van der Waals surface area contributed by atoms with E-state index in [-0.39, 0.29) is 24.2 Å². The monoisotopic (exact) mass is 458 g/mol. The van der Waals surface area contributed by atoms with Crippen LogP contribution in [0.5, 0.6) is 0 Å². The number of nitrogens with one attached hydrogen (secondary N) is 1. The molecule has 3 aromatic rings. The minimum absolute atomic E-state index is 0.0789. The number of aromatic nitrogens is 1. The Kier molecular flexibility index (Phi) is 6.79. The Bertz CT molecular complexity index is 986. The average molecular weight is 459 g/mol. The molecule has 0 saturated carbocycles. The molecule has 2 aromatic carbocycles. The highest BCUT2D eigenvalue weighted by molar-refractivity contribution is 6.30. The van der Waals surface area contributed by atoms with E-state index >= 15 is 0 Å². The Morgan fingerprint density at radius 2 is 1.52 bits per heavy atom. The van der Waals surface area contributed by atoms with E-state index in [0.717, 1.165) is 11.3 Å². The highest BCUT2D eigenvalue weighted by atomic mass is 35.5. The van der Waals surface area contributed by atoms with E-state index in [9.17, 15) is 26.3 Å². The SMILES string of the molecule is FC(F)(F)c1cc(NC[C@@H](Cc2ccccn2)c2cccc(Cl)c2)cc(C(F)(F)F)c1. The normalized spacial score (nSPS) is 13.1. The summed E-state index contributed by atoms with van der Waals surface area (Å²) in [4.78, 5) is 4.26. The van der Waals surface area contributed by atoms with E-state index in [4.69, 9.17) is 11.6 Å². The number of hydrogen-bond acceptors (Lipinski definition) is 2. The maximum absolute atomic E-state index is 13.1. The molecule has 0 saturated heterocycles. The van der Waals surface area contributed by atoms with Crippen LogP contribution in [-0.4, -0.2) is 11.5 Å². The van der Waals surface area contributed by atoms with Crippen molar-refractivity contribution in [2.45, 2.75) is 24.7 Å². The zero-order valence-corrected chi connectivity index (χ0v) is 16.7. The predicted octanol–water partition coefficient (Wildman–Crippen LogP) is 7.21. The molecule has 0 aliphatic rings. The molecule has 0 aliphatic heterocycles. The smallest absolute Gasteiger partial charge is 0.384 e. The van der Waals surface area contributed by atoms with Crippen LogP contribution in [0.25, 0.3) is 0 Å². The van der Waals surface area contributed by atoms with Gasteiger partial charge in [-0.1, -0.05) is 29.8 Å². The fourth-order valence-electron chi connectivity index (χ4n) is 3.14. The quantitative estimate of drug-likeness (QED) is 0.395. The molecule has 9 heteroatoms. The van der Waals surface area contributed by atoms with Crippen LogP contribution < -0.4 is 5.32 Å². The Balaban J connectivity index is 1.90. The Labute approximate surface area is 179 Å². The van der Waals surface area contributed by atoms with Crippen LogP contribution in [-0.2, 0) is 18.8 Å². The molecule has 0 fully saturated rings. The summed E-state index contributed by atoms with van der Waals surface area (Å²) in [5.41, 5.74) is -1.49. The van der Waals surface area contributed by atoms with Crippen molar-refractivity contribution in [2.24, 2.45) is 0 Å². The fraction of sp³-hybridized carbons (Fsp3) is 0.227. The average Bonchev–Trinajstić information content (AvgIpc) is 2.70. The van der Waals surface area contributed by atoms with Gasteiger partial charge in [-0.25, -0.2) is 0 Å². The molecule has 0 unspecified atom stereocenters. The zero-order valence-electron chi connectivity index (χ0n) is 15.9. The highest BCUT2D eigenvalue weighted by Gasteiger charge is 2.37. The second kappa shape index (κ2) is 9.18. The molecule has 0 bridgehead atoms. The number of halogens is 7. The standard InChI is InChI=1S/C22H17ClF6N2/c23-18-5-3-4-14(8-18)15(9-19-6-1-2-7-30-19)13-31-20-11-16(21(24,25)26)10-17(12-20)22(27,28)29/h1-8,10-12,15,31H,9,13H2/t15-/m1/s1. The van der Waals surface area contributed by atoms with Crippen molar-refractivity contribution in [3.05, 3.63) is 94.3 Å². The first kappa shape index (κ1) is 22.9. The van der Waals surface area contributed by atoms with Crippen LogP contribution >= 0.6 is 11.6 Å². The fourth-order valence-corrected chi connectivity index (χ4v) is 3.34. The van der Waals surface area contributed by atoms with Crippen molar-refractivity contribution in [1.29, 1.82) is 0 Å². The van der Waals surface area contributed by atoms with Gasteiger partial charge in [-0.3, -0.25) is 4.98 Å². The summed E-state index contributed by atoms with van der Waals surface area (Å²) in [6.07, 6.45) is -7.78. The van der Waals surface area contributed by atoms with Gasteiger partial charge >= 0.3 is 12.4 Å². The summed E-state index contributed by atoms with van der Waals surface area (Å²) in [6.45, 7) is 0.0789. The van der Waals surface area contributed by atoms with Crippen molar-refractivity contribution in [2.75, 3.05) is 11.9 Å². The number of alkyl halides is 6. The number of rotatable bonds is 6. The van der Waals surface area contributed by atoms with Gasteiger partial charge in [-0.2, -0.15) is 26.3 Å². The number of pyridine rings is 1. The molecule has 0 amide bonds. The first-order chi connectivity index (χ1) is 14.5. The van der Waals surface area contributed by atoms with Gasteiger partial charge in [0.2, 0.25) is 0 Å². The summed E-state index contributed by atoms with van der Waals surface area (Å²) in [7, 11) is 0. The van der Waals surface area contributed by atoms with Gasteiger partial charge in [-0.05, 0) is 54.4 Å². The molecule has 1 aromatic heterocycles. The van der Waals surface area contributed by atoms with E-state index in [1.165, 1.54) is 0 Å². The third kappa shape index (κ3) is 6.37. The van der Waals surface area contributed by atoms with E-state index in [0.29, 0.717) is 23.6 Å². The number of hydrogen-bond donors (Lipinski definition) is 1. The third-order valence-corrected chi connectivity index (χ3v) is 4.88. The van der Waals surface area contributed by atoms with Gasteiger partial charge in [0.25, 0.3) is 0 Å². The molecule has 0 radical (unpaired) electrons. The Hall–Kier alpha value is -2.74. The van der Waals surface area contributed by atoms with Gasteiger partial charge in [0.15, 0.2) is 0 Å². The second-order valence-electron chi connectivity index (χ2n) is 6.95. The van der Waals surface area contributed by atoms with Crippen LogP contribution in [0.2, 0.25) is 5.02 Å². The summed E-state index contributed by atoms with van der Waals surface area (Å²) in [5.74, 6) is -0.294. The van der Waals surface area contributed by atoms with E-state index in [1.54, 1.807) is 48.7 Å². The zero-order chi connectivity index (χ0) is 22.6. The molecular formula is C22H17ClF6N2. The number of nitrogens with zero attached hydrogens (tertiary/aromatic N) is 1. The van der Waals surface area contributed by atoms with Crippen LogP contribution in [0.3, 0.4) is 0 Å². The first-order valence-corrected chi connectivity index (χ1v) is 9.59. The molecule has 1 heterocycles. The molecule has 164 valence electrons. The number of anilines is 1. The Morgan fingerprint density at radius 3 is 2.06 bits per heavy atom. The van der Waals surface area contributed by atoms with Crippen molar-refractivity contribution in [3.8, 4) is 0 Å². The lowest BCUT2D eigenvalue weighted by Gasteiger charge is -2.20. The van der Waals surface area contributed by atoms with Gasteiger partial charge in [-0.15, -0.1) is 0 Å². The van der Waals surface area contributed by atoms with Crippen LogP contribution in [0.1, 0.15) is 28.3 Å². The van der Waals surface area contributed by atoms with Crippen LogP contribution in [0, 0.1) is 0 Å². The molecule has 31 heavy (non-hydrogen) atoms. The molecule has 0 spiro atoms. The third-order valence-electron chi connectivity index (χ3n) is 4.64. The maximum atomic E-state index is 13.1. The van der Waals surface area contributed by atoms with E-state index in [1.807, 2.05) is 0 Å². The molecule has 1 N–H and O–H groups in total. The van der Waals surface area contributed by atoms with E-state index < -0.39 is 23.5 Å². The first-order valence-electron chi connectivity index (χ1n) is 9.21. The van der Waals surface area contributed by atoms with Crippen molar-refractivity contribution >= 4 is 17.3 Å². The summed E-state index contributed by atoms with van der Waals surface area (Å²) in [5, 5.41) is 3.21. The van der Waals surface area contributed by atoms with Crippen LogP contribution in [0.15, 0.2) is 66.9 Å². The largest absolute Gasteiger partial charge is 0.416 e. The predicted molar refractivity (Wildman–Crippen MR) is 107 cm³/mol.